The summed E-state index contributed by atoms with van der Waals surface area (Å²) in [6.07, 6.45) is 2.11. The molecule has 2 fully saturated rings. The number of amides is 2. The Kier molecular flexibility index (Phi) is 5.82. The van der Waals surface area contributed by atoms with Gasteiger partial charge >= 0.3 is 0 Å². The standard InChI is InChI=1S/C19H21FN4O2S2/c20-14-4-2-1-3-13(14)11-16-17(25)22-15(12-28-16)18(26)23-6-8-24(9-7-23)19-21-5-10-27-19/h1-5,10,15-16H,6-9,11-12H2,(H,22,25)/t15-,16-/m0/s1. The number of nitrogens with one attached hydrogen (secondary N) is 1. The predicted molar refractivity (Wildman–Crippen MR) is 109 cm³/mol. The number of halogens is 1. The fraction of sp³-hybridized carbons (Fsp3) is 0.421. The molecular formula is C19H21FN4O2S2. The first kappa shape index (κ1) is 19.2. The number of hydrogen-bond acceptors (Lipinski definition) is 6. The van der Waals surface area contributed by atoms with Crippen LogP contribution >= 0.6 is 23.1 Å². The van der Waals surface area contributed by atoms with Crippen molar-refractivity contribution in [2.45, 2.75) is 17.7 Å². The summed E-state index contributed by atoms with van der Waals surface area (Å²) in [5.74, 6) is -0.0217. The Hall–Kier alpha value is -2.13. The van der Waals surface area contributed by atoms with Crippen LogP contribution in [0.5, 0.6) is 0 Å². The second-order valence-corrected chi connectivity index (χ2v) is 8.91. The summed E-state index contributed by atoms with van der Waals surface area (Å²) in [6.45, 7) is 2.72. The smallest absolute Gasteiger partial charge is 0.246 e. The number of nitrogens with zero attached hydrogens (tertiary/aromatic N) is 3. The number of anilines is 1. The summed E-state index contributed by atoms with van der Waals surface area (Å²) in [5, 5.41) is 5.39. The van der Waals surface area contributed by atoms with Crippen LogP contribution in [0.4, 0.5) is 9.52 Å². The van der Waals surface area contributed by atoms with Gasteiger partial charge in [0.1, 0.15) is 11.9 Å². The Morgan fingerprint density at radius 2 is 2.04 bits per heavy atom. The molecule has 2 aliphatic rings. The Balaban J connectivity index is 1.30. The third-order valence-corrected chi connectivity index (χ3v) is 7.16. The number of thiazole rings is 1. The topological polar surface area (TPSA) is 65.5 Å². The summed E-state index contributed by atoms with van der Waals surface area (Å²) in [6, 6.07) is 5.98. The molecule has 2 aromatic rings. The van der Waals surface area contributed by atoms with E-state index in [1.165, 1.54) is 17.8 Å². The second-order valence-electron chi connectivity index (χ2n) is 6.81. The molecule has 9 heteroatoms. The Morgan fingerprint density at radius 3 is 2.71 bits per heavy atom. The average Bonchev–Trinajstić information content (AvgIpc) is 3.25. The van der Waals surface area contributed by atoms with Gasteiger partial charge in [0.25, 0.3) is 0 Å². The monoisotopic (exact) mass is 420 g/mol. The first-order valence-corrected chi connectivity index (χ1v) is 11.1. The zero-order valence-corrected chi connectivity index (χ0v) is 16.8. The van der Waals surface area contributed by atoms with Gasteiger partial charge in [-0.2, -0.15) is 0 Å². The average molecular weight is 421 g/mol. The number of thioether (sulfide) groups is 1. The van der Waals surface area contributed by atoms with Gasteiger partial charge in [-0.15, -0.1) is 23.1 Å². The Bertz CT molecular complexity index is 840. The van der Waals surface area contributed by atoms with Crippen molar-refractivity contribution in [2.24, 2.45) is 0 Å². The van der Waals surface area contributed by atoms with Gasteiger partial charge in [-0.25, -0.2) is 9.37 Å². The predicted octanol–water partition coefficient (Wildman–Crippen LogP) is 1.77. The van der Waals surface area contributed by atoms with Crippen molar-refractivity contribution in [1.29, 1.82) is 0 Å². The highest BCUT2D eigenvalue weighted by atomic mass is 32.2. The molecule has 28 heavy (non-hydrogen) atoms. The van der Waals surface area contributed by atoms with E-state index in [2.05, 4.69) is 15.2 Å². The Morgan fingerprint density at radius 1 is 1.25 bits per heavy atom. The highest BCUT2D eigenvalue weighted by Gasteiger charge is 2.35. The van der Waals surface area contributed by atoms with Crippen molar-refractivity contribution < 1.29 is 14.0 Å². The van der Waals surface area contributed by atoms with E-state index < -0.39 is 6.04 Å². The molecule has 6 nitrogen and oxygen atoms in total. The molecule has 2 aliphatic heterocycles. The van der Waals surface area contributed by atoms with E-state index in [0.717, 1.165) is 18.2 Å². The van der Waals surface area contributed by atoms with Gasteiger partial charge in [-0.1, -0.05) is 18.2 Å². The van der Waals surface area contributed by atoms with E-state index in [1.807, 2.05) is 10.3 Å². The fourth-order valence-electron chi connectivity index (χ4n) is 3.45. The number of hydrogen-bond donors (Lipinski definition) is 1. The van der Waals surface area contributed by atoms with E-state index in [1.54, 1.807) is 35.7 Å². The van der Waals surface area contributed by atoms with E-state index in [-0.39, 0.29) is 22.9 Å². The number of carbonyl (C=O) groups is 2. The van der Waals surface area contributed by atoms with Gasteiger partial charge in [-0.3, -0.25) is 9.59 Å². The minimum absolute atomic E-state index is 0.0380. The van der Waals surface area contributed by atoms with E-state index in [4.69, 9.17) is 0 Å². The normalized spacial score (nSPS) is 22.8. The number of rotatable bonds is 4. The first-order chi connectivity index (χ1) is 13.6. The van der Waals surface area contributed by atoms with Crippen molar-refractivity contribution in [3.63, 3.8) is 0 Å². The second kappa shape index (κ2) is 8.48. The highest BCUT2D eigenvalue weighted by molar-refractivity contribution is 8.00. The molecule has 4 rings (SSSR count). The van der Waals surface area contributed by atoms with Gasteiger partial charge in [0, 0.05) is 43.5 Å². The lowest BCUT2D eigenvalue weighted by atomic mass is 10.1. The molecule has 1 N–H and O–H groups in total. The van der Waals surface area contributed by atoms with Crippen molar-refractivity contribution in [3.05, 3.63) is 47.2 Å². The maximum absolute atomic E-state index is 13.8. The van der Waals surface area contributed by atoms with Gasteiger partial charge in [0.2, 0.25) is 11.8 Å². The number of carbonyl (C=O) groups excluding carboxylic acids is 2. The van der Waals surface area contributed by atoms with E-state index in [0.29, 0.717) is 30.8 Å². The molecule has 0 radical (unpaired) electrons. The van der Waals surface area contributed by atoms with Crippen LogP contribution in [0.1, 0.15) is 5.56 Å². The lowest BCUT2D eigenvalue weighted by molar-refractivity contribution is -0.136. The number of piperazine rings is 1. The molecule has 148 valence electrons. The van der Waals surface area contributed by atoms with Crippen LogP contribution in [-0.4, -0.2) is 64.9 Å². The molecule has 2 saturated heterocycles. The van der Waals surface area contributed by atoms with Crippen molar-refractivity contribution in [3.8, 4) is 0 Å². The number of benzene rings is 1. The molecule has 3 heterocycles. The quantitative estimate of drug-likeness (QED) is 0.817. The van der Waals surface area contributed by atoms with Gasteiger partial charge in [-0.05, 0) is 18.1 Å². The molecule has 2 atom stereocenters. The molecule has 0 aliphatic carbocycles. The molecule has 0 bridgehead atoms. The van der Waals surface area contributed by atoms with Crippen LogP contribution in [0, 0.1) is 5.82 Å². The highest BCUT2D eigenvalue weighted by Crippen LogP contribution is 2.25. The zero-order chi connectivity index (χ0) is 19.5. The summed E-state index contributed by atoms with van der Waals surface area (Å²) in [7, 11) is 0. The zero-order valence-electron chi connectivity index (χ0n) is 15.2. The lowest BCUT2D eigenvalue weighted by Gasteiger charge is -2.37. The molecule has 0 spiro atoms. The molecule has 0 saturated carbocycles. The molecule has 2 amide bonds. The van der Waals surface area contributed by atoms with Gasteiger partial charge < -0.3 is 15.1 Å². The van der Waals surface area contributed by atoms with Crippen LogP contribution < -0.4 is 10.2 Å². The summed E-state index contributed by atoms with van der Waals surface area (Å²) >= 11 is 3.02. The van der Waals surface area contributed by atoms with Crippen molar-refractivity contribution in [1.82, 2.24) is 15.2 Å². The SMILES string of the molecule is O=C1N[C@H](C(=O)N2CCN(c3nccs3)CC2)CS[C@H]1Cc1ccccc1F. The van der Waals surface area contributed by atoms with Crippen molar-refractivity contribution >= 4 is 40.0 Å². The van der Waals surface area contributed by atoms with Crippen LogP contribution in [-0.2, 0) is 16.0 Å². The summed E-state index contributed by atoms with van der Waals surface area (Å²) in [5.41, 5.74) is 0.526. The van der Waals surface area contributed by atoms with E-state index >= 15 is 0 Å². The molecule has 1 aromatic heterocycles. The molecule has 1 aromatic carbocycles. The largest absolute Gasteiger partial charge is 0.345 e. The van der Waals surface area contributed by atoms with Gasteiger partial charge in [0.05, 0.1) is 5.25 Å². The molecular weight excluding hydrogens is 399 g/mol. The third-order valence-electron chi connectivity index (χ3n) is 5.02. The minimum atomic E-state index is -0.513. The first-order valence-electron chi connectivity index (χ1n) is 9.20. The van der Waals surface area contributed by atoms with Crippen molar-refractivity contribution in [2.75, 3.05) is 36.8 Å². The van der Waals surface area contributed by atoms with Gasteiger partial charge in [0.15, 0.2) is 5.13 Å². The molecule has 0 unspecified atom stereocenters. The summed E-state index contributed by atoms with van der Waals surface area (Å²) < 4.78 is 13.8. The van der Waals surface area contributed by atoms with Crippen LogP contribution in [0.15, 0.2) is 35.8 Å². The Labute approximate surface area is 171 Å². The number of aromatic nitrogens is 1. The van der Waals surface area contributed by atoms with Crippen LogP contribution in [0.3, 0.4) is 0 Å². The maximum Gasteiger partial charge on any atom is 0.246 e. The third kappa shape index (κ3) is 4.15. The minimum Gasteiger partial charge on any atom is -0.345 e. The van der Waals surface area contributed by atoms with Crippen LogP contribution in [0.2, 0.25) is 0 Å². The fourth-order valence-corrected chi connectivity index (χ4v) is 5.32. The lowest BCUT2D eigenvalue weighted by Crippen LogP contribution is -2.58. The summed E-state index contributed by atoms with van der Waals surface area (Å²) in [4.78, 5) is 33.6. The van der Waals surface area contributed by atoms with Crippen LogP contribution in [0.25, 0.3) is 0 Å². The maximum atomic E-state index is 13.8. The van der Waals surface area contributed by atoms with E-state index in [9.17, 15) is 14.0 Å².